The van der Waals surface area contributed by atoms with E-state index in [1.165, 1.54) is 11.1 Å². The van der Waals surface area contributed by atoms with E-state index in [1.54, 1.807) is 25.3 Å². The van der Waals surface area contributed by atoms with Gasteiger partial charge in [0.1, 0.15) is 0 Å². The van der Waals surface area contributed by atoms with Crippen LogP contribution < -0.4 is 0 Å². The fourth-order valence-electron chi connectivity index (χ4n) is 3.00. The van der Waals surface area contributed by atoms with Crippen LogP contribution in [0.25, 0.3) is 0 Å². The molecule has 2 aromatic heterocycles. The normalized spacial score (nSPS) is 13.3. The van der Waals surface area contributed by atoms with Gasteiger partial charge >= 0.3 is 185 Å². The number of hydrogen-bond donors (Lipinski definition) is 0. The van der Waals surface area contributed by atoms with Gasteiger partial charge in [-0.1, -0.05) is 0 Å². The van der Waals surface area contributed by atoms with Gasteiger partial charge in [-0.25, -0.2) is 0 Å². The van der Waals surface area contributed by atoms with Crippen molar-refractivity contribution in [1.29, 1.82) is 0 Å². The van der Waals surface area contributed by atoms with Crippen LogP contribution in [-0.2, 0) is 13.1 Å². The van der Waals surface area contributed by atoms with E-state index in [9.17, 15) is 0 Å². The first kappa shape index (κ1) is 20.1. The summed E-state index contributed by atoms with van der Waals surface area (Å²) in [5.74, 6) is 0. The third-order valence-electron chi connectivity index (χ3n) is 4.45. The second-order valence-corrected chi connectivity index (χ2v) is 10.3. The van der Waals surface area contributed by atoms with E-state index >= 15 is 0 Å². The molecule has 0 saturated carbocycles. The molecular formula is C20H18Cl2N6Se. The molecule has 2 atom stereocenters. The summed E-state index contributed by atoms with van der Waals surface area (Å²) in [5.41, 5.74) is 2.48. The minimum atomic E-state index is 0.180. The van der Waals surface area contributed by atoms with Crippen molar-refractivity contribution >= 4 is 38.2 Å². The Morgan fingerprint density at radius 1 is 0.690 bits per heavy atom. The molecule has 0 aliphatic rings. The van der Waals surface area contributed by atoms with Crippen LogP contribution in [-0.4, -0.2) is 44.5 Å². The first-order chi connectivity index (χ1) is 14.2. The predicted octanol–water partition coefficient (Wildman–Crippen LogP) is 4.06. The van der Waals surface area contributed by atoms with E-state index < -0.39 is 0 Å². The van der Waals surface area contributed by atoms with E-state index in [-0.39, 0.29) is 24.6 Å². The average molecular weight is 492 g/mol. The van der Waals surface area contributed by atoms with Crippen molar-refractivity contribution in [3.63, 3.8) is 0 Å². The van der Waals surface area contributed by atoms with Gasteiger partial charge in [0.15, 0.2) is 0 Å². The average Bonchev–Trinajstić information content (AvgIpc) is 3.42. The Labute approximate surface area is 185 Å². The van der Waals surface area contributed by atoms with Crippen molar-refractivity contribution in [2.75, 3.05) is 0 Å². The zero-order valence-electron chi connectivity index (χ0n) is 15.3. The summed E-state index contributed by atoms with van der Waals surface area (Å²) < 4.78 is 3.77. The molecule has 9 heteroatoms. The van der Waals surface area contributed by atoms with Crippen LogP contribution in [0.2, 0.25) is 10.0 Å². The molecule has 4 rings (SSSR count). The van der Waals surface area contributed by atoms with E-state index in [4.69, 9.17) is 23.2 Å². The molecule has 0 radical (unpaired) electrons. The summed E-state index contributed by atoms with van der Waals surface area (Å²) >= 11 is 12.4. The first-order valence-electron chi connectivity index (χ1n) is 8.98. The molecule has 0 N–H and O–H groups in total. The molecule has 0 saturated heterocycles. The molecule has 29 heavy (non-hydrogen) atoms. The Balaban J connectivity index is 1.64. The van der Waals surface area contributed by atoms with Gasteiger partial charge in [-0.3, -0.25) is 0 Å². The second kappa shape index (κ2) is 9.55. The third-order valence-corrected chi connectivity index (χ3v) is 8.10. The van der Waals surface area contributed by atoms with Crippen LogP contribution >= 0.6 is 23.2 Å². The SMILES string of the molecule is Clc1ccc(C(Cn2cncn2)[Se]C(Cn2cncn2)c2ccc(Cl)cc2)cc1. The molecule has 0 aliphatic heterocycles. The van der Waals surface area contributed by atoms with Gasteiger partial charge < -0.3 is 0 Å². The quantitative estimate of drug-likeness (QED) is 0.348. The zero-order chi connectivity index (χ0) is 20.1. The summed E-state index contributed by atoms with van der Waals surface area (Å²) in [4.78, 5) is 8.75. The van der Waals surface area contributed by atoms with Crippen molar-refractivity contribution < 1.29 is 0 Å². The van der Waals surface area contributed by atoms with E-state index in [1.807, 2.05) is 33.6 Å². The van der Waals surface area contributed by atoms with E-state index in [2.05, 4.69) is 44.4 Å². The van der Waals surface area contributed by atoms with Gasteiger partial charge in [-0.05, 0) is 0 Å². The molecule has 0 spiro atoms. The molecule has 4 aromatic rings. The van der Waals surface area contributed by atoms with Crippen LogP contribution in [0, 0.1) is 0 Å². The minimum absolute atomic E-state index is 0.180. The molecule has 0 aliphatic carbocycles. The maximum absolute atomic E-state index is 6.12. The van der Waals surface area contributed by atoms with Crippen molar-refractivity contribution in [1.82, 2.24) is 29.5 Å². The standard InChI is InChI=1S/C20H18Cl2N6Se/c21-17-5-1-15(2-6-17)19(9-27-13-23-11-25-27)29-20(10-28-14-24-12-26-28)16-3-7-18(22)8-4-16/h1-8,11-14,19-20H,9-10H2. The molecule has 2 heterocycles. The van der Waals surface area contributed by atoms with Gasteiger partial charge in [-0.15, -0.1) is 0 Å². The predicted molar refractivity (Wildman–Crippen MR) is 114 cm³/mol. The Morgan fingerprint density at radius 2 is 1.10 bits per heavy atom. The van der Waals surface area contributed by atoms with Crippen molar-refractivity contribution in [3.05, 3.63) is 95.0 Å². The molecule has 2 aromatic carbocycles. The van der Waals surface area contributed by atoms with Crippen LogP contribution in [0.1, 0.15) is 20.8 Å². The van der Waals surface area contributed by atoms with Crippen molar-refractivity contribution in [2.45, 2.75) is 22.7 Å². The zero-order valence-corrected chi connectivity index (χ0v) is 18.6. The molecule has 0 bridgehead atoms. The Morgan fingerprint density at radius 3 is 1.45 bits per heavy atom. The number of halogens is 2. The van der Waals surface area contributed by atoms with Gasteiger partial charge in [0.05, 0.1) is 0 Å². The number of hydrogen-bond acceptors (Lipinski definition) is 4. The number of benzene rings is 2. The molecule has 0 fully saturated rings. The van der Waals surface area contributed by atoms with Gasteiger partial charge in [-0.2, -0.15) is 0 Å². The summed E-state index contributed by atoms with van der Waals surface area (Å²) in [6.45, 7) is 1.51. The van der Waals surface area contributed by atoms with Crippen molar-refractivity contribution in [2.24, 2.45) is 0 Å². The summed E-state index contributed by atoms with van der Waals surface area (Å²) in [6, 6.07) is 16.2. The first-order valence-corrected chi connectivity index (χ1v) is 11.7. The van der Waals surface area contributed by atoms with Gasteiger partial charge in [0.2, 0.25) is 0 Å². The van der Waals surface area contributed by atoms with E-state index in [0.29, 0.717) is 0 Å². The number of rotatable bonds is 8. The molecule has 2 unspecified atom stereocenters. The summed E-state index contributed by atoms with van der Waals surface area (Å²) in [6.07, 6.45) is 6.65. The Kier molecular flexibility index (Phi) is 6.62. The van der Waals surface area contributed by atoms with Gasteiger partial charge in [0, 0.05) is 0 Å². The van der Waals surface area contributed by atoms with Gasteiger partial charge in [0.25, 0.3) is 0 Å². The second-order valence-electron chi connectivity index (χ2n) is 6.45. The fraction of sp³-hybridized carbons (Fsp3) is 0.200. The molecule has 6 nitrogen and oxygen atoms in total. The van der Waals surface area contributed by atoms with E-state index in [0.717, 1.165) is 23.1 Å². The number of nitrogens with zero attached hydrogens (tertiary/aromatic N) is 6. The van der Waals surface area contributed by atoms with Crippen LogP contribution in [0.4, 0.5) is 0 Å². The monoisotopic (exact) mass is 492 g/mol. The fourth-order valence-corrected chi connectivity index (χ4v) is 6.41. The molecular weight excluding hydrogens is 474 g/mol. The molecule has 148 valence electrons. The topological polar surface area (TPSA) is 61.4 Å². The number of aromatic nitrogens is 6. The Bertz CT molecular complexity index is 921. The third kappa shape index (κ3) is 5.46. The van der Waals surface area contributed by atoms with Crippen LogP contribution in [0.15, 0.2) is 73.8 Å². The van der Waals surface area contributed by atoms with Crippen LogP contribution in [0.3, 0.4) is 0 Å². The maximum atomic E-state index is 6.12. The van der Waals surface area contributed by atoms with Crippen molar-refractivity contribution in [3.8, 4) is 0 Å². The molecule has 0 amide bonds. The van der Waals surface area contributed by atoms with Crippen LogP contribution in [0.5, 0.6) is 0 Å². The summed E-state index contributed by atoms with van der Waals surface area (Å²) in [5, 5.41) is 10.1. The Hall–Kier alpha value is -2.18. The summed E-state index contributed by atoms with van der Waals surface area (Å²) in [7, 11) is 0.